The van der Waals surface area contributed by atoms with Crippen LogP contribution in [0.2, 0.25) is 0 Å². The normalized spacial score (nSPS) is 22.9. The van der Waals surface area contributed by atoms with E-state index in [4.69, 9.17) is 9.47 Å². The number of fused-ring (bicyclic) bond motifs is 3. The Bertz CT molecular complexity index is 743. The predicted molar refractivity (Wildman–Crippen MR) is 99.1 cm³/mol. The van der Waals surface area contributed by atoms with Crippen molar-refractivity contribution in [1.29, 1.82) is 0 Å². The highest BCUT2D eigenvalue weighted by atomic mass is 16.5. The van der Waals surface area contributed by atoms with Gasteiger partial charge in [0.15, 0.2) is 6.61 Å². The van der Waals surface area contributed by atoms with Gasteiger partial charge in [-0.3, -0.25) is 9.69 Å². The van der Waals surface area contributed by atoms with E-state index in [0.29, 0.717) is 31.4 Å². The van der Waals surface area contributed by atoms with Crippen molar-refractivity contribution >= 4 is 5.91 Å². The van der Waals surface area contributed by atoms with Crippen molar-refractivity contribution in [2.45, 2.75) is 12.6 Å². The average molecular weight is 368 g/mol. The zero-order valence-corrected chi connectivity index (χ0v) is 15.2. The fourth-order valence-corrected chi connectivity index (χ4v) is 3.79. The van der Waals surface area contributed by atoms with Gasteiger partial charge in [0.05, 0.1) is 19.3 Å². The maximum absolute atomic E-state index is 12.8. The van der Waals surface area contributed by atoms with Crippen LogP contribution in [0.1, 0.15) is 5.56 Å². The molecule has 7 nitrogen and oxygen atoms in total. The summed E-state index contributed by atoms with van der Waals surface area (Å²) in [7, 11) is 0. The first-order valence-electron chi connectivity index (χ1n) is 9.29. The molecule has 7 heteroatoms. The van der Waals surface area contributed by atoms with Crippen molar-refractivity contribution in [2.24, 2.45) is 5.92 Å². The highest BCUT2D eigenvalue weighted by Gasteiger charge is 2.35. The molecule has 27 heavy (non-hydrogen) atoms. The van der Waals surface area contributed by atoms with E-state index in [-0.39, 0.29) is 18.6 Å². The molecule has 2 fully saturated rings. The minimum Gasteiger partial charge on any atom is -0.484 e. The van der Waals surface area contributed by atoms with Crippen LogP contribution in [0.15, 0.2) is 49.1 Å². The molecule has 0 N–H and O–H groups in total. The topological polar surface area (TPSA) is 67.8 Å². The summed E-state index contributed by atoms with van der Waals surface area (Å²) in [5.74, 6) is 1.03. The summed E-state index contributed by atoms with van der Waals surface area (Å²) in [4.78, 5) is 25.4. The fraction of sp³-hybridized carbons (Fsp3) is 0.450. The number of para-hydroxylation sites is 1. The molecule has 2 aliphatic rings. The van der Waals surface area contributed by atoms with Crippen LogP contribution in [0.4, 0.5) is 0 Å². The lowest BCUT2D eigenvalue weighted by Gasteiger charge is -2.31. The second kappa shape index (κ2) is 8.45. The van der Waals surface area contributed by atoms with E-state index in [2.05, 4.69) is 14.9 Å². The Morgan fingerprint density at radius 3 is 2.74 bits per heavy atom. The molecule has 4 rings (SSSR count). The van der Waals surface area contributed by atoms with Crippen molar-refractivity contribution in [1.82, 2.24) is 19.8 Å². The number of carbonyl (C=O) groups is 1. The molecular weight excluding hydrogens is 344 g/mol. The van der Waals surface area contributed by atoms with Crippen LogP contribution in [-0.4, -0.2) is 71.2 Å². The van der Waals surface area contributed by atoms with Gasteiger partial charge in [0.25, 0.3) is 5.91 Å². The fourth-order valence-electron chi connectivity index (χ4n) is 3.79. The molecular formula is C20H24N4O3. The van der Waals surface area contributed by atoms with Gasteiger partial charge in [-0.2, -0.15) is 0 Å². The predicted octanol–water partition coefficient (Wildman–Crippen LogP) is 1.21. The summed E-state index contributed by atoms with van der Waals surface area (Å²) in [5, 5.41) is 0. The van der Waals surface area contributed by atoms with Crippen molar-refractivity contribution in [2.75, 3.05) is 39.5 Å². The maximum atomic E-state index is 12.8. The SMILES string of the molecule is O=C(COc1ccccc1)N1C[C@H]2COC[C@@H]1CN(Cc1cncnc1)C2. The van der Waals surface area contributed by atoms with Gasteiger partial charge in [-0.1, -0.05) is 18.2 Å². The van der Waals surface area contributed by atoms with Crippen LogP contribution in [-0.2, 0) is 16.1 Å². The standard InChI is InChI=1S/C20H24N4O3/c25-20(14-27-19-4-2-1-3-5-19)24-10-17-9-23(11-18(24)13-26-12-17)8-16-6-21-15-22-7-16/h1-7,15,17-18H,8-14H2/t17-,18-/m0/s1. The molecule has 0 radical (unpaired) electrons. The molecule has 1 aromatic carbocycles. The largest absolute Gasteiger partial charge is 0.484 e. The maximum Gasteiger partial charge on any atom is 0.260 e. The lowest BCUT2D eigenvalue weighted by molar-refractivity contribution is -0.136. The highest BCUT2D eigenvalue weighted by molar-refractivity contribution is 5.78. The van der Waals surface area contributed by atoms with Crippen LogP contribution in [0.3, 0.4) is 0 Å². The van der Waals surface area contributed by atoms with E-state index in [9.17, 15) is 4.79 Å². The Kier molecular flexibility index (Phi) is 5.60. The first-order chi connectivity index (χ1) is 13.3. The monoisotopic (exact) mass is 368 g/mol. The van der Waals surface area contributed by atoms with Crippen LogP contribution in [0, 0.1) is 5.92 Å². The molecule has 0 saturated carbocycles. The van der Waals surface area contributed by atoms with Crippen LogP contribution >= 0.6 is 0 Å². The number of nitrogens with zero attached hydrogens (tertiary/aromatic N) is 4. The number of aromatic nitrogens is 2. The van der Waals surface area contributed by atoms with Gasteiger partial charge in [-0.25, -0.2) is 9.97 Å². The van der Waals surface area contributed by atoms with E-state index < -0.39 is 0 Å². The quantitative estimate of drug-likeness (QED) is 0.790. The molecule has 2 aliphatic heterocycles. The van der Waals surface area contributed by atoms with Gasteiger partial charge >= 0.3 is 0 Å². The first-order valence-corrected chi connectivity index (χ1v) is 9.29. The molecule has 0 aliphatic carbocycles. The van der Waals surface area contributed by atoms with Crippen molar-refractivity contribution in [3.63, 3.8) is 0 Å². The molecule has 0 unspecified atom stereocenters. The third kappa shape index (κ3) is 4.61. The number of amides is 1. The van der Waals surface area contributed by atoms with Gasteiger partial charge in [0.1, 0.15) is 12.1 Å². The summed E-state index contributed by atoms with van der Waals surface area (Å²) >= 11 is 0. The summed E-state index contributed by atoms with van der Waals surface area (Å²) in [6.07, 6.45) is 5.24. The van der Waals surface area contributed by atoms with Gasteiger partial charge in [-0.05, 0) is 12.1 Å². The molecule has 142 valence electrons. The van der Waals surface area contributed by atoms with E-state index in [1.54, 1.807) is 6.33 Å². The molecule has 2 saturated heterocycles. The smallest absolute Gasteiger partial charge is 0.260 e. The zero-order valence-electron chi connectivity index (χ0n) is 15.2. The van der Waals surface area contributed by atoms with E-state index in [1.807, 2.05) is 47.6 Å². The van der Waals surface area contributed by atoms with Gasteiger partial charge in [0, 0.05) is 50.1 Å². The minimum absolute atomic E-state index is 0.0178. The third-order valence-electron chi connectivity index (χ3n) is 4.99. The Hall–Kier alpha value is -2.51. The van der Waals surface area contributed by atoms with E-state index >= 15 is 0 Å². The van der Waals surface area contributed by atoms with E-state index in [0.717, 1.165) is 25.2 Å². The zero-order chi connectivity index (χ0) is 18.5. The molecule has 0 spiro atoms. The number of rotatable bonds is 5. The number of ether oxygens (including phenoxy) is 2. The van der Waals surface area contributed by atoms with Crippen LogP contribution < -0.4 is 4.74 Å². The van der Waals surface area contributed by atoms with E-state index in [1.165, 1.54) is 0 Å². The van der Waals surface area contributed by atoms with Crippen LogP contribution in [0.5, 0.6) is 5.75 Å². The van der Waals surface area contributed by atoms with Crippen molar-refractivity contribution in [3.8, 4) is 5.75 Å². The third-order valence-corrected chi connectivity index (χ3v) is 4.99. The average Bonchev–Trinajstić information content (AvgIpc) is 2.99. The Morgan fingerprint density at radius 1 is 1.11 bits per heavy atom. The molecule has 1 aromatic heterocycles. The second-order valence-corrected chi connectivity index (χ2v) is 7.15. The van der Waals surface area contributed by atoms with Gasteiger partial charge < -0.3 is 14.4 Å². The summed E-state index contributed by atoms with van der Waals surface area (Å²) in [6.45, 7) is 4.48. The van der Waals surface area contributed by atoms with Crippen molar-refractivity contribution in [3.05, 3.63) is 54.6 Å². The number of hydrogen-bond acceptors (Lipinski definition) is 6. The summed E-state index contributed by atoms with van der Waals surface area (Å²) in [6, 6.07) is 9.49. The Balaban J connectivity index is 1.41. The molecule has 2 aromatic rings. The van der Waals surface area contributed by atoms with Crippen LogP contribution in [0.25, 0.3) is 0 Å². The molecule has 2 atom stereocenters. The Morgan fingerprint density at radius 2 is 1.93 bits per heavy atom. The number of carbonyl (C=O) groups excluding carboxylic acids is 1. The Labute approximate surface area is 158 Å². The second-order valence-electron chi connectivity index (χ2n) is 7.15. The lowest BCUT2D eigenvalue weighted by Crippen LogP contribution is -2.48. The molecule has 2 bridgehead atoms. The van der Waals surface area contributed by atoms with Crippen molar-refractivity contribution < 1.29 is 14.3 Å². The minimum atomic E-state index is 0.0178. The summed E-state index contributed by atoms with van der Waals surface area (Å²) < 4.78 is 11.5. The van der Waals surface area contributed by atoms with Gasteiger partial charge in [0.2, 0.25) is 0 Å². The molecule has 3 heterocycles. The van der Waals surface area contributed by atoms with Gasteiger partial charge in [-0.15, -0.1) is 0 Å². The highest BCUT2D eigenvalue weighted by Crippen LogP contribution is 2.21. The lowest BCUT2D eigenvalue weighted by atomic mass is 10.1. The molecule has 1 amide bonds. The first kappa shape index (κ1) is 17.9. The number of benzene rings is 1. The number of hydrogen-bond donors (Lipinski definition) is 0. The summed E-state index contributed by atoms with van der Waals surface area (Å²) in [5.41, 5.74) is 1.09.